The van der Waals surface area contributed by atoms with Gasteiger partial charge in [0, 0.05) is 11.6 Å². The van der Waals surface area contributed by atoms with Crippen molar-refractivity contribution in [2.75, 3.05) is 6.61 Å². The fraction of sp³-hybridized carbons (Fsp3) is 0.125. The number of rotatable bonds is 6. The Balaban J connectivity index is 2.11. The lowest BCUT2D eigenvalue weighted by Gasteiger charge is -2.08. The molecule has 24 heavy (non-hydrogen) atoms. The Morgan fingerprint density at radius 3 is 2.83 bits per heavy atom. The number of benzene rings is 2. The van der Waals surface area contributed by atoms with Crippen LogP contribution in [-0.2, 0) is 0 Å². The van der Waals surface area contributed by atoms with E-state index in [1.54, 1.807) is 30.3 Å². The van der Waals surface area contributed by atoms with Crippen molar-refractivity contribution < 1.29 is 14.5 Å². The molecule has 0 unspecified atom stereocenters. The van der Waals surface area contributed by atoms with Crippen molar-refractivity contribution >= 4 is 29.4 Å². The van der Waals surface area contributed by atoms with Crippen molar-refractivity contribution in [2.24, 2.45) is 5.10 Å². The van der Waals surface area contributed by atoms with Gasteiger partial charge in [-0.25, -0.2) is 5.43 Å². The highest BCUT2D eigenvalue weighted by Gasteiger charge is 2.13. The molecule has 0 heterocycles. The third-order valence-corrected chi connectivity index (χ3v) is 3.30. The first-order valence-corrected chi connectivity index (χ1v) is 7.40. The van der Waals surface area contributed by atoms with Crippen molar-refractivity contribution in [3.8, 4) is 5.75 Å². The highest BCUT2D eigenvalue weighted by atomic mass is 35.5. The van der Waals surface area contributed by atoms with Crippen LogP contribution >= 0.6 is 11.6 Å². The molecule has 0 aliphatic rings. The molecule has 0 aromatic heterocycles. The number of carbonyl (C=O) groups is 1. The van der Waals surface area contributed by atoms with Gasteiger partial charge in [0.1, 0.15) is 10.8 Å². The Hall–Kier alpha value is -2.93. The van der Waals surface area contributed by atoms with Crippen LogP contribution in [0.4, 0.5) is 5.69 Å². The zero-order valence-corrected chi connectivity index (χ0v) is 13.5. The Bertz CT molecular complexity index is 793. The van der Waals surface area contributed by atoms with E-state index in [9.17, 15) is 14.9 Å². The summed E-state index contributed by atoms with van der Waals surface area (Å²) in [7, 11) is 0. The number of hydrazone groups is 1. The number of para-hydroxylation sites is 1. The number of amides is 1. The lowest BCUT2D eigenvalue weighted by atomic mass is 10.2. The number of ether oxygens (including phenoxy) is 1. The smallest absolute Gasteiger partial charge is 0.288 e. The van der Waals surface area contributed by atoms with Gasteiger partial charge in [0.05, 0.1) is 23.3 Å². The molecule has 0 aliphatic carbocycles. The summed E-state index contributed by atoms with van der Waals surface area (Å²) < 4.78 is 5.38. The maximum absolute atomic E-state index is 12.1. The Labute approximate surface area is 143 Å². The van der Waals surface area contributed by atoms with Gasteiger partial charge < -0.3 is 4.74 Å². The third kappa shape index (κ3) is 4.30. The van der Waals surface area contributed by atoms with Gasteiger partial charge in [-0.2, -0.15) is 5.10 Å². The predicted molar refractivity (Wildman–Crippen MR) is 90.8 cm³/mol. The minimum absolute atomic E-state index is 0.0341. The molecular weight excluding hydrogens is 334 g/mol. The molecule has 0 saturated carbocycles. The first kappa shape index (κ1) is 17.4. The Morgan fingerprint density at radius 1 is 1.38 bits per heavy atom. The molecule has 124 valence electrons. The summed E-state index contributed by atoms with van der Waals surface area (Å²) >= 11 is 5.73. The quantitative estimate of drug-likeness (QED) is 0.492. The van der Waals surface area contributed by atoms with Gasteiger partial charge in [-0.3, -0.25) is 14.9 Å². The van der Waals surface area contributed by atoms with Crippen molar-refractivity contribution in [3.63, 3.8) is 0 Å². The van der Waals surface area contributed by atoms with Gasteiger partial charge in [0.25, 0.3) is 11.6 Å². The average Bonchev–Trinajstić information content (AvgIpc) is 2.57. The SMILES string of the molecule is CCOc1ccccc1C(=O)NN=Cc1ccc(Cl)c([N+](=O)[O-])c1. The highest BCUT2D eigenvalue weighted by Crippen LogP contribution is 2.24. The van der Waals surface area contributed by atoms with Gasteiger partial charge in [-0.05, 0) is 25.1 Å². The molecule has 1 N–H and O–H groups in total. The molecule has 2 rings (SSSR count). The van der Waals surface area contributed by atoms with E-state index in [-0.39, 0.29) is 10.7 Å². The summed E-state index contributed by atoms with van der Waals surface area (Å²) in [6, 6.07) is 11.0. The van der Waals surface area contributed by atoms with Crippen LogP contribution in [0, 0.1) is 10.1 Å². The second kappa shape index (κ2) is 8.07. The van der Waals surface area contributed by atoms with E-state index >= 15 is 0 Å². The lowest BCUT2D eigenvalue weighted by molar-refractivity contribution is -0.384. The predicted octanol–water partition coefficient (Wildman–Crippen LogP) is 3.41. The van der Waals surface area contributed by atoms with E-state index in [4.69, 9.17) is 16.3 Å². The van der Waals surface area contributed by atoms with Crippen LogP contribution in [0.3, 0.4) is 0 Å². The monoisotopic (exact) mass is 347 g/mol. The molecule has 0 aliphatic heterocycles. The van der Waals surface area contributed by atoms with E-state index in [0.29, 0.717) is 23.5 Å². The summed E-state index contributed by atoms with van der Waals surface area (Å²) in [4.78, 5) is 22.4. The van der Waals surface area contributed by atoms with Gasteiger partial charge in [0.2, 0.25) is 0 Å². The summed E-state index contributed by atoms with van der Waals surface area (Å²) in [5, 5.41) is 14.7. The summed E-state index contributed by atoms with van der Waals surface area (Å²) in [6.45, 7) is 2.25. The summed E-state index contributed by atoms with van der Waals surface area (Å²) in [5.74, 6) is 0.00796. The minimum atomic E-state index is -0.587. The molecule has 2 aromatic rings. The minimum Gasteiger partial charge on any atom is -0.493 e. The third-order valence-electron chi connectivity index (χ3n) is 2.98. The molecule has 0 spiro atoms. The second-order valence-electron chi connectivity index (χ2n) is 4.60. The normalized spacial score (nSPS) is 10.6. The molecule has 0 atom stereocenters. The highest BCUT2D eigenvalue weighted by molar-refractivity contribution is 6.32. The first-order chi connectivity index (χ1) is 11.5. The number of nitro benzene ring substituents is 1. The molecule has 0 fully saturated rings. The van der Waals surface area contributed by atoms with E-state index in [2.05, 4.69) is 10.5 Å². The maximum atomic E-state index is 12.1. The molecule has 1 amide bonds. The molecule has 0 saturated heterocycles. The molecule has 0 radical (unpaired) electrons. The number of halogens is 1. The largest absolute Gasteiger partial charge is 0.493 e. The zero-order chi connectivity index (χ0) is 17.5. The number of nitrogens with zero attached hydrogens (tertiary/aromatic N) is 2. The van der Waals surface area contributed by atoms with Crippen LogP contribution in [0.25, 0.3) is 0 Å². The van der Waals surface area contributed by atoms with Crippen LogP contribution in [0.2, 0.25) is 5.02 Å². The van der Waals surface area contributed by atoms with E-state index in [1.165, 1.54) is 18.3 Å². The van der Waals surface area contributed by atoms with E-state index < -0.39 is 10.8 Å². The van der Waals surface area contributed by atoms with Crippen molar-refractivity contribution in [1.29, 1.82) is 0 Å². The maximum Gasteiger partial charge on any atom is 0.288 e. The van der Waals surface area contributed by atoms with Gasteiger partial charge >= 0.3 is 0 Å². The van der Waals surface area contributed by atoms with Gasteiger partial charge in [0.15, 0.2) is 0 Å². The summed E-state index contributed by atoms with van der Waals surface area (Å²) in [5.41, 5.74) is 2.91. The van der Waals surface area contributed by atoms with Crippen molar-refractivity contribution in [1.82, 2.24) is 5.43 Å². The Morgan fingerprint density at radius 2 is 2.12 bits per heavy atom. The van der Waals surface area contributed by atoms with Crippen LogP contribution in [0.5, 0.6) is 5.75 Å². The van der Waals surface area contributed by atoms with E-state index in [1.807, 2.05) is 6.92 Å². The molecule has 7 nitrogen and oxygen atoms in total. The first-order valence-electron chi connectivity index (χ1n) is 7.02. The Kier molecular flexibility index (Phi) is 5.86. The van der Waals surface area contributed by atoms with E-state index in [0.717, 1.165) is 0 Å². The molecular formula is C16H14ClN3O4. The van der Waals surface area contributed by atoms with Gasteiger partial charge in [-0.1, -0.05) is 29.8 Å². The number of nitrogens with one attached hydrogen (secondary N) is 1. The number of hydrogen-bond donors (Lipinski definition) is 1. The molecule has 0 bridgehead atoms. The molecule has 2 aromatic carbocycles. The second-order valence-corrected chi connectivity index (χ2v) is 5.00. The fourth-order valence-corrected chi connectivity index (χ4v) is 2.10. The van der Waals surface area contributed by atoms with Crippen LogP contribution < -0.4 is 10.2 Å². The van der Waals surface area contributed by atoms with Crippen LogP contribution in [0.1, 0.15) is 22.8 Å². The standard InChI is InChI=1S/C16H14ClN3O4/c1-2-24-15-6-4-3-5-12(15)16(21)19-18-10-11-7-8-13(17)14(9-11)20(22)23/h3-10H,2H2,1H3,(H,19,21). The van der Waals surface area contributed by atoms with Crippen molar-refractivity contribution in [2.45, 2.75) is 6.92 Å². The summed E-state index contributed by atoms with van der Waals surface area (Å²) in [6.07, 6.45) is 1.30. The number of carbonyl (C=O) groups excluding carboxylic acids is 1. The number of hydrogen-bond acceptors (Lipinski definition) is 5. The molecule has 8 heteroatoms. The van der Waals surface area contributed by atoms with Crippen molar-refractivity contribution in [3.05, 3.63) is 68.7 Å². The fourth-order valence-electron chi connectivity index (χ4n) is 1.91. The number of nitro groups is 1. The zero-order valence-electron chi connectivity index (χ0n) is 12.7. The van der Waals surface area contributed by atoms with Gasteiger partial charge in [-0.15, -0.1) is 0 Å². The van der Waals surface area contributed by atoms with Crippen LogP contribution in [0.15, 0.2) is 47.6 Å². The lowest BCUT2D eigenvalue weighted by Crippen LogP contribution is -2.18. The average molecular weight is 348 g/mol. The van der Waals surface area contributed by atoms with Crippen LogP contribution in [-0.4, -0.2) is 23.7 Å². The topological polar surface area (TPSA) is 93.8 Å².